The fraction of sp³-hybridized carbons (Fsp3) is 0.0952. The van der Waals surface area contributed by atoms with Crippen molar-refractivity contribution in [3.05, 3.63) is 77.5 Å². The first kappa shape index (κ1) is 18.9. The van der Waals surface area contributed by atoms with E-state index in [0.717, 1.165) is 0 Å². The van der Waals surface area contributed by atoms with E-state index in [0.29, 0.717) is 33.4 Å². The molecule has 0 aliphatic rings. The van der Waals surface area contributed by atoms with Crippen LogP contribution in [-0.2, 0) is 0 Å². The number of nitrogens with zero attached hydrogens (tertiary/aromatic N) is 4. The zero-order valence-electron chi connectivity index (χ0n) is 15.6. The predicted octanol–water partition coefficient (Wildman–Crippen LogP) is 4.47. The van der Waals surface area contributed by atoms with Crippen LogP contribution in [0.3, 0.4) is 0 Å². The number of ether oxygens (including phenoxy) is 1. The predicted molar refractivity (Wildman–Crippen MR) is 109 cm³/mol. The van der Waals surface area contributed by atoms with E-state index in [1.807, 2.05) is 0 Å². The molecular formula is C21H16ClFN4O2. The normalized spacial score (nSPS) is 10.9. The molecule has 0 saturated carbocycles. The highest BCUT2D eigenvalue weighted by molar-refractivity contribution is 6.30. The van der Waals surface area contributed by atoms with Gasteiger partial charge in [0.25, 0.3) is 5.91 Å². The van der Waals surface area contributed by atoms with Gasteiger partial charge in [0.05, 0.1) is 7.11 Å². The van der Waals surface area contributed by atoms with E-state index < -0.39 is 5.82 Å². The van der Waals surface area contributed by atoms with Crippen LogP contribution < -0.4 is 9.64 Å². The number of hydrogen-bond acceptors (Lipinski definition) is 4. The summed E-state index contributed by atoms with van der Waals surface area (Å²) in [4.78, 5) is 23.7. The topological polar surface area (TPSA) is 59.7 Å². The van der Waals surface area contributed by atoms with Crippen molar-refractivity contribution < 1.29 is 13.9 Å². The largest absolute Gasteiger partial charge is 0.494 e. The summed E-state index contributed by atoms with van der Waals surface area (Å²) in [6.45, 7) is 0. The van der Waals surface area contributed by atoms with Gasteiger partial charge in [-0.25, -0.2) is 14.4 Å². The van der Waals surface area contributed by atoms with Crippen LogP contribution in [-0.4, -0.2) is 34.4 Å². The van der Waals surface area contributed by atoms with E-state index >= 15 is 0 Å². The molecule has 0 fully saturated rings. The molecular weight excluding hydrogens is 395 g/mol. The van der Waals surface area contributed by atoms with Crippen molar-refractivity contribution in [3.63, 3.8) is 0 Å². The van der Waals surface area contributed by atoms with Crippen LogP contribution in [0.2, 0.25) is 5.02 Å². The SMILES string of the molecule is COc1cc(-c2nc3ncccn3c2C(=O)N(C)c2ccc(Cl)cc2)ccc1F. The number of methoxy groups -OCH3 is 1. The van der Waals surface area contributed by atoms with Gasteiger partial charge in [-0.1, -0.05) is 11.6 Å². The van der Waals surface area contributed by atoms with Gasteiger partial charge in [-0.15, -0.1) is 0 Å². The number of carbonyl (C=O) groups is 1. The molecule has 4 rings (SSSR count). The number of aromatic nitrogens is 3. The van der Waals surface area contributed by atoms with Gasteiger partial charge >= 0.3 is 0 Å². The van der Waals surface area contributed by atoms with Crippen LogP contribution in [0.5, 0.6) is 5.75 Å². The Kier molecular flexibility index (Phi) is 4.90. The summed E-state index contributed by atoms with van der Waals surface area (Å²) in [5, 5.41) is 0.577. The van der Waals surface area contributed by atoms with Crippen molar-refractivity contribution in [2.75, 3.05) is 19.1 Å². The summed E-state index contributed by atoms with van der Waals surface area (Å²) < 4.78 is 20.6. The van der Waals surface area contributed by atoms with Gasteiger partial charge in [-0.2, -0.15) is 0 Å². The standard InChI is InChI=1S/C21H16ClFN4O2/c1-26(15-7-5-14(22)6-8-15)20(28)19-18(25-21-24-10-3-11-27(19)21)13-4-9-16(23)17(12-13)29-2/h3-12H,1-2H3. The Balaban J connectivity index is 1.88. The number of hydrogen-bond donors (Lipinski definition) is 0. The molecule has 8 heteroatoms. The van der Waals surface area contributed by atoms with E-state index in [1.54, 1.807) is 60.2 Å². The zero-order valence-corrected chi connectivity index (χ0v) is 16.4. The lowest BCUT2D eigenvalue weighted by molar-refractivity contribution is 0.0988. The first-order valence-corrected chi connectivity index (χ1v) is 9.08. The number of amides is 1. The Bertz CT molecular complexity index is 1210. The van der Waals surface area contributed by atoms with Crippen molar-refractivity contribution in [1.29, 1.82) is 0 Å². The zero-order chi connectivity index (χ0) is 20.5. The molecule has 0 spiro atoms. The molecule has 0 radical (unpaired) electrons. The average Bonchev–Trinajstić information content (AvgIpc) is 3.13. The Morgan fingerprint density at radius 2 is 1.97 bits per heavy atom. The molecule has 0 atom stereocenters. The van der Waals surface area contributed by atoms with Gasteiger partial charge in [0.1, 0.15) is 11.4 Å². The summed E-state index contributed by atoms with van der Waals surface area (Å²) in [6.07, 6.45) is 3.30. The lowest BCUT2D eigenvalue weighted by Crippen LogP contribution is -2.28. The highest BCUT2D eigenvalue weighted by atomic mass is 35.5. The summed E-state index contributed by atoms with van der Waals surface area (Å²) in [5.74, 6) is -0.369. The van der Waals surface area contributed by atoms with E-state index in [9.17, 15) is 9.18 Å². The third kappa shape index (κ3) is 3.40. The maximum absolute atomic E-state index is 13.9. The van der Waals surface area contributed by atoms with Gasteiger partial charge in [-0.05, 0) is 48.5 Å². The molecule has 2 aromatic heterocycles. The second-order valence-electron chi connectivity index (χ2n) is 6.29. The van der Waals surface area contributed by atoms with Crippen molar-refractivity contribution in [3.8, 4) is 17.0 Å². The second-order valence-corrected chi connectivity index (χ2v) is 6.73. The van der Waals surface area contributed by atoms with Gasteiger partial charge < -0.3 is 9.64 Å². The molecule has 2 aromatic carbocycles. The summed E-state index contributed by atoms with van der Waals surface area (Å²) in [5.41, 5.74) is 1.90. The molecule has 4 aromatic rings. The minimum absolute atomic E-state index is 0.0666. The first-order chi connectivity index (χ1) is 14.0. The van der Waals surface area contributed by atoms with E-state index in [2.05, 4.69) is 9.97 Å². The van der Waals surface area contributed by atoms with Crippen molar-refractivity contribution in [1.82, 2.24) is 14.4 Å². The highest BCUT2D eigenvalue weighted by Crippen LogP contribution is 2.30. The Labute approximate surface area is 171 Å². The van der Waals surface area contributed by atoms with Crippen molar-refractivity contribution in [2.24, 2.45) is 0 Å². The van der Waals surface area contributed by atoms with Crippen LogP contribution in [0.4, 0.5) is 10.1 Å². The second kappa shape index (κ2) is 7.52. The number of rotatable bonds is 4. The Morgan fingerprint density at radius 3 is 2.69 bits per heavy atom. The van der Waals surface area contributed by atoms with E-state index in [-0.39, 0.29) is 11.7 Å². The molecule has 6 nitrogen and oxygen atoms in total. The monoisotopic (exact) mass is 410 g/mol. The maximum atomic E-state index is 13.9. The quantitative estimate of drug-likeness (QED) is 0.498. The van der Waals surface area contributed by atoms with Crippen molar-refractivity contribution in [2.45, 2.75) is 0 Å². The number of benzene rings is 2. The van der Waals surface area contributed by atoms with Crippen LogP contribution >= 0.6 is 11.6 Å². The minimum atomic E-state index is -0.496. The molecule has 29 heavy (non-hydrogen) atoms. The van der Waals surface area contributed by atoms with Crippen LogP contribution in [0, 0.1) is 5.82 Å². The molecule has 0 aliphatic heterocycles. The fourth-order valence-corrected chi connectivity index (χ4v) is 3.17. The molecule has 0 saturated heterocycles. The van der Waals surface area contributed by atoms with Crippen molar-refractivity contribution >= 4 is 29.0 Å². The lowest BCUT2D eigenvalue weighted by Gasteiger charge is -2.18. The smallest absolute Gasteiger partial charge is 0.277 e. The van der Waals surface area contributed by atoms with Crippen LogP contribution in [0.1, 0.15) is 10.5 Å². The molecule has 1 amide bonds. The molecule has 0 N–H and O–H groups in total. The van der Waals surface area contributed by atoms with Crippen LogP contribution in [0.15, 0.2) is 60.9 Å². The third-order valence-corrected chi connectivity index (χ3v) is 4.80. The number of fused-ring (bicyclic) bond motifs is 1. The molecule has 0 aliphatic carbocycles. The molecule has 2 heterocycles. The highest BCUT2D eigenvalue weighted by Gasteiger charge is 2.25. The number of halogens is 2. The van der Waals surface area contributed by atoms with E-state index in [4.69, 9.17) is 16.3 Å². The minimum Gasteiger partial charge on any atom is -0.494 e. The lowest BCUT2D eigenvalue weighted by atomic mass is 10.1. The molecule has 0 unspecified atom stereocenters. The number of carbonyl (C=O) groups excluding carboxylic acids is 1. The molecule has 0 bridgehead atoms. The third-order valence-electron chi connectivity index (χ3n) is 4.55. The number of anilines is 1. The summed E-state index contributed by atoms with van der Waals surface area (Å²) in [6, 6.07) is 13.0. The van der Waals surface area contributed by atoms with Gasteiger partial charge in [0.15, 0.2) is 11.6 Å². The summed E-state index contributed by atoms with van der Waals surface area (Å²) >= 11 is 5.95. The summed E-state index contributed by atoms with van der Waals surface area (Å²) in [7, 11) is 3.05. The van der Waals surface area contributed by atoms with Gasteiger partial charge in [0, 0.05) is 35.7 Å². The van der Waals surface area contributed by atoms with Crippen LogP contribution in [0.25, 0.3) is 17.0 Å². The fourth-order valence-electron chi connectivity index (χ4n) is 3.04. The Hall–Kier alpha value is -3.45. The van der Waals surface area contributed by atoms with Gasteiger partial charge in [-0.3, -0.25) is 9.20 Å². The average molecular weight is 411 g/mol. The van der Waals surface area contributed by atoms with Gasteiger partial charge in [0.2, 0.25) is 5.78 Å². The Morgan fingerprint density at radius 1 is 1.21 bits per heavy atom. The maximum Gasteiger partial charge on any atom is 0.277 e. The molecule has 146 valence electrons. The number of imidazole rings is 1. The first-order valence-electron chi connectivity index (χ1n) is 8.70. The van der Waals surface area contributed by atoms with E-state index in [1.165, 1.54) is 24.1 Å².